The maximum Gasteiger partial charge on any atom is 0.0641 e. The molecule has 3 heteroatoms. The van der Waals surface area contributed by atoms with Crippen molar-refractivity contribution in [3.8, 4) is 6.07 Å². The van der Waals surface area contributed by atoms with E-state index in [1.807, 2.05) is 26.0 Å². The lowest BCUT2D eigenvalue weighted by Gasteiger charge is -2.13. The number of anilines is 1. The van der Waals surface area contributed by atoms with E-state index in [-0.39, 0.29) is 6.04 Å². The lowest BCUT2D eigenvalue weighted by Crippen LogP contribution is -2.11. The van der Waals surface area contributed by atoms with Gasteiger partial charge >= 0.3 is 0 Å². The predicted molar refractivity (Wildman–Crippen MR) is 57.5 cm³/mol. The quantitative estimate of drug-likeness (QED) is 0.696. The Hall–Kier alpha value is -1.53. The molecule has 1 atom stereocenters. The lowest BCUT2D eigenvalue weighted by atomic mass is 9.97. The summed E-state index contributed by atoms with van der Waals surface area (Å²) in [5.41, 5.74) is 15.5. The van der Waals surface area contributed by atoms with Gasteiger partial charge in [-0.25, -0.2) is 0 Å². The zero-order valence-electron chi connectivity index (χ0n) is 8.54. The second kappa shape index (κ2) is 4.12. The summed E-state index contributed by atoms with van der Waals surface area (Å²) >= 11 is 0. The zero-order valence-corrected chi connectivity index (χ0v) is 8.54. The SMILES string of the molecule is Cc1cc(C(N)CC#N)c(C)cc1N. The largest absolute Gasteiger partial charge is 0.399 e. The first-order valence-electron chi connectivity index (χ1n) is 4.55. The van der Waals surface area contributed by atoms with Crippen LogP contribution in [0.3, 0.4) is 0 Å². The van der Waals surface area contributed by atoms with Crippen molar-refractivity contribution in [2.75, 3.05) is 5.73 Å². The Morgan fingerprint density at radius 3 is 2.57 bits per heavy atom. The molecule has 0 radical (unpaired) electrons. The zero-order chi connectivity index (χ0) is 10.7. The molecule has 0 amide bonds. The molecule has 4 N–H and O–H groups in total. The molecule has 0 fully saturated rings. The van der Waals surface area contributed by atoms with E-state index in [4.69, 9.17) is 16.7 Å². The minimum absolute atomic E-state index is 0.209. The summed E-state index contributed by atoms with van der Waals surface area (Å²) in [6, 6.07) is 5.73. The van der Waals surface area contributed by atoms with Crippen LogP contribution < -0.4 is 11.5 Å². The second-order valence-electron chi connectivity index (χ2n) is 3.53. The molecule has 14 heavy (non-hydrogen) atoms. The first-order valence-corrected chi connectivity index (χ1v) is 4.55. The average molecular weight is 189 g/mol. The Morgan fingerprint density at radius 2 is 2.00 bits per heavy atom. The molecular weight excluding hydrogens is 174 g/mol. The van der Waals surface area contributed by atoms with Crippen molar-refractivity contribution in [2.24, 2.45) is 5.73 Å². The third-order valence-corrected chi connectivity index (χ3v) is 2.37. The number of aryl methyl sites for hydroxylation is 2. The molecular formula is C11H15N3. The van der Waals surface area contributed by atoms with Gasteiger partial charge in [0.05, 0.1) is 12.5 Å². The minimum atomic E-state index is -0.209. The monoisotopic (exact) mass is 189 g/mol. The lowest BCUT2D eigenvalue weighted by molar-refractivity contribution is 0.742. The van der Waals surface area contributed by atoms with E-state index in [9.17, 15) is 0 Å². The third-order valence-electron chi connectivity index (χ3n) is 2.37. The van der Waals surface area contributed by atoms with Crippen LogP contribution in [-0.4, -0.2) is 0 Å². The number of hydrogen-bond donors (Lipinski definition) is 2. The molecule has 1 unspecified atom stereocenters. The molecule has 1 aromatic carbocycles. The van der Waals surface area contributed by atoms with Crippen molar-refractivity contribution in [1.29, 1.82) is 5.26 Å². The molecule has 0 saturated carbocycles. The number of nitrogens with two attached hydrogens (primary N) is 2. The summed E-state index contributed by atoms with van der Waals surface area (Å²) < 4.78 is 0. The first kappa shape index (κ1) is 10.6. The van der Waals surface area contributed by atoms with Crippen LogP contribution in [0.25, 0.3) is 0 Å². The highest BCUT2D eigenvalue weighted by atomic mass is 14.6. The number of nitrogen functional groups attached to an aromatic ring is 1. The average Bonchev–Trinajstić information content (AvgIpc) is 2.11. The molecule has 74 valence electrons. The number of nitrogens with zero attached hydrogens (tertiary/aromatic N) is 1. The topological polar surface area (TPSA) is 75.8 Å². The van der Waals surface area contributed by atoms with Gasteiger partial charge < -0.3 is 11.5 Å². The summed E-state index contributed by atoms with van der Waals surface area (Å²) in [6.07, 6.45) is 0.337. The van der Waals surface area contributed by atoms with E-state index in [1.54, 1.807) is 0 Å². The number of rotatable bonds is 2. The Kier molecular flexibility index (Phi) is 3.10. The van der Waals surface area contributed by atoms with E-state index in [0.717, 1.165) is 22.4 Å². The van der Waals surface area contributed by atoms with Gasteiger partial charge in [-0.05, 0) is 36.6 Å². The van der Waals surface area contributed by atoms with Gasteiger partial charge in [0.25, 0.3) is 0 Å². The van der Waals surface area contributed by atoms with Crippen LogP contribution in [0.5, 0.6) is 0 Å². The molecule has 0 heterocycles. The van der Waals surface area contributed by atoms with Gasteiger partial charge in [-0.15, -0.1) is 0 Å². The van der Waals surface area contributed by atoms with Gasteiger partial charge in [-0.3, -0.25) is 0 Å². The summed E-state index contributed by atoms with van der Waals surface area (Å²) in [6.45, 7) is 3.90. The molecule has 0 aliphatic heterocycles. The highest BCUT2D eigenvalue weighted by molar-refractivity contribution is 5.52. The summed E-state index contributed by atoms with van der Waals surface area (Å²) in [4.78, 5) is 0. The van der Waals surface area contributed by atoms with Gasteiger partial charge in [0.1, 0.15) is 0 Å². The van der Waals surface area contributed by atoms with Gasteiger partial charge in [-0.1, -0.05) is 6.07 Å². The highest BCUT2D eigenvalue weighted by Crippen LogP contribution is 2.23. The Bertz CT molecular complexity index is 377. The Morgan fingerprint density at radius 1 is 1.36 bits per heavy atom. The normalized spacial score (nSPS) is 12.1. The van der Waals surface area contributed by atoms with Crippen LogP contribution in [0, 0.1) is 25.2 Å². The van der Waals surface area contributed by atoms with Gasteiger partial charge in [0.2, 0.25) is 0 Å². The van der Waals surface area contributed by atoms with E-state index in [1.165, 1.54) is 0 Å². The predicted octanol–water partition coefficient (Wildman–Crippen LogP) is 1.80. The molecule has 0 bridgehead atoms. The van der Waals surface area contributed by atoms with Crippen LogP contribution in [0.4, 0.5) is 5.69 Å². The summed E-state index contributed by atoms with van der Waals surface area (Å²) in [5.74, 6) is 0. The van der Waals surface area contributed by atoms with Gasteiger partial charge in [0, 0.05) is 11.7 Å². The second-order valence-corrected chi connectivity index (χ2v) is 3.53. The molecule has 0 aromatic heterocycles. The smallest absolute Gasteiger partial charge is 0.0641 e. The van der Waals surface area contributed by atoms with Crippen LogP contribution in [-0.2, 0) is 0 Å². The maximum atomic E-state index is 8.56. The van der Waals surface area contributed by atoms with Crippen LogP contribution >= 0.6 is 0 Å². The molecule has 0 spiro atoms. The molecule has 3 nitrogen and oxygen atoms in total. The van der Waals surface area contributed by atoms with E-state index in [0.29, 0.717) is 6.42 Å². The standard InChI is InChI=1S/C11H15N3/c1-7-6-11(14)8(2)5-9(7)10(13)3-4-12/h5-6,10H,3,13-14H2,1-2H3. The van der Waals surface area contributed by atoms with Crippen molar-refractivity contribution < 1.29 is 0 Å². The molecule has 1 rings (SSSR count). The van der Waals surface area contributed by atoms with Crippen molar-refractivity contribution in [3.05, 3.63) is 28.8 Å². The number of nitriles is 1. The Labute approximate surface area is 84.3 Å². The minimum Gasteiger partial charge on any atom is -0.399 e. The van der Waals surface area contributed by atoms with Crippen LogP contribution in [0.1, 0.15) is 29.2 Å². The van der Waals surface area contributed by atoms with E-state index < -0.39 is 0 Å². The van der Waals surface area contributed by atoms with Crippen molar-refractivity contribution >= 4 is 5.69 Å². The molecule has 0 saturated heterocycles. The number of hydrogen-bond acceptors (Lipinski definition) is 3. The van der Waals surface area contributed by atoms with Crippen LogP contribution in [0.15, 0.2) is 12.1 Å². The van der Waals surface area contributed by atoms with E-state index in [2.05, 4.69) is 6.07 Å². The van der Waals surface area contributed by atoms with Crippen molar-refractivity contribution in [1.82, 2.24) is 0 Å². The van der Waals surface area contributed by atoms with Crippen LogP contribution in [0.2, 0.25) is 0 Å². The van der Waals surface area contributed by atoms with Crippen molar-refractivity contribution in [3.63, 3.8) is 0 Å². The van der Waals surface area contributed by atoms with Gasteiger partial charge in [-0.2, -0.15) is 5.26 Å². The molecule has 0 aliphatic rings. The summed E-state index contributed by atoms with van der Waals surface area (Å²) in [7, 11) is 0. The fraction of sp³-hybridized carbons (Fsp3) is 0.364. The first-order chi connectivity index (χ1) is 6.56. The Balaban J connectivity index is 3.10. The third kappa shape index (κ3) is 2.04. The van der Waals surface area contributed by atoms with Crippen molar-refractivity contribution in [2.45, 2.75) is 26.3 Å². The highest BCUT2D eigenvalue weighted by Gasteiger charge is 2.09. The maximum absolute atomic E-state index is 8.56. The molecule has 0 aliphatic carbocycles. The summed E-state index contributed by atoms with van der Waals surface area (Å²) in [5, 5.41) is 8.56. The number of benzene rings is 1. The van der Waals surface area contributed by atoms with E-state index >= 15 is 0 Å². The molecule has 1 aromatic rings. The fourth-order valence-electron chi connectivity index (χ4n) is 1.47. The van der Waals surface area contributed by atoms with Gasteiger partial charge in [0.15, 0.2) is 0 Å². The fourth-order valence-corrected chi connectivity index (χ4v) is 1.47.